The van der Waals surface area contributed by atoms with Crippen molar-refractivity contribution in [2.45, 2.75) is 137 Å². The molecule has 4 aromatic carbocycles. The number of hydrogen-bond donors (Lipinski definition) is 12. The molecule has 0 unspecified atom stereocenters. The lowest BCUT2D eigenvalue weighted by Gasteiger charge is -2.47. The number of amides is 1. The highest BCUT2D eigenvalue weighted by Crippen LogP contribution is 2.51. The Morgan fingerprint density at radius 3 is 1.09 bits per heavy atom. The number of likely N-dealkylation sites (N-methyl/N-ethyl adjacent to an activating group) is 1. The van der Waals surface area contributed by atoms with Crippen molar-refractivity contribution in [3.8, 4) is 0 Å². The number of aryl methyl sites for hydroxylation is 5. The average Bonchev–Trinajstić information content (AvgIpc) is 1.61. The summed E-state index contributed by atoms with van der Waals surface area (Å²) in [6, 6.07) is 47.0. The molecule has 20 rings (SSSR count). The normalized spacial score (nSPS) is 16.4. The molecule has 3 saturated carbocycles. The molecule has 696 valence electrons. The first-order valence-corrected chi connectivity index (χ1v) is 49.3. The van der Waals surface area contributed by atoms with Gasteiger partial charge in [-0.2, -0.15) is 20.4 Å². The van der Waals surface area contributed by atoms with Crippen LogP contribution < -0.4 is 55.6 Å². The van der Waals surface area contributed by atoms with Gasteiger partial charge in [-0.15, -0.1) is 0 Å². The van der Waals surface area contributed by atoms with Crippen molar-refractivity contribution in [3.05, 3.63) is 180 Å². The summed E-state index contributed by atoms with van der Waals surface area (Å²) in [5, 5.41) is 58.5. The SMILES string of the molecule is Cc1cc(Nc2cc(N3CC(F)(C4CC4)C3)nc(Sc3ccc(NC(=O)CN(C)C)cc3)n2)n[nH]1.Cc1cc(Nc2cc(N3CC(F)(C4CC4)C3)nc(Sc3ccc(NS(C)(=O)=O)cc3)n2)n[nH]1.Cc1cc(Nc2cc(N3CCC3)nc(Sc3ccc(NS(C)(=O)=O)cc3)n2)n[nH]1.Cc1ccc2cc(Sc3nc(Nc4cc(C)[nH]n4)cc(N4CC(O)(C5CC5)C4)n3)ccc2n1.[HH].[HH].[HH].[HH].[HH].[HH].[HH].[HH].[HH]. The van der Waals surface area contributed by atoms with Gasteiger partial charge >= 0.3 is 0 Å². The Morgan fingerprint density at radius 1 is 0.431 bits per heavy atom. The predicted molar refractivity (Wildman–Crippen MR) is 524 cm³/mol. The van der Waals surface area contributed by atoms with Crippen LogP contribution in [0.4, 0.5) is 95.7 Å². The molecule has 35 nitrogen and oxygen atoms in total. The van der Waals surface area contributed by atoms with Crippen LogP contribution in [0.5, 0.6) is 0 Å². The summed E-state index contributed by atoms with van der Waals surface area (Å²) in [5.74, 6) is 8.96. The first-order valence-electron chi connectivity index (χ1n) is 42.3. The summed E-state index contributed by atoms with van der Waals surface area (Å²) >= 11 is 5.68. The number of alkyl halides is 2. The van der Waals surface area contributed by atoms with Gasteiger partial charge in [-0.3, -0.25) is 39.6 Å². The molecule has 13 heterocycles. The Morgan fingerprint density at radius 2 is 0.769 bits per heavy atom. The van der Waals surface area contributed by atoms with E-state index in [9.17, 15) is 35.5 Å². The van der Waals surface area contributed by atoms with Gasteiger partial charge in [0.25, 0.3) is 0 Å². The van der Waals surface area contributed by atoms with Gasteiger partial charge in [0, 0.05) is 145 Å². The lowest BCUT2D eigenvalue weighted by atomic mass is 9.89. The fourth-order valence-electron chi connectivity index (χ4n) is 15.0. The summed E-state index contributed by atoms with van der Waals surface area (Å²) in [5.41, 5.74) is 4.69. The zero-order valence-electron chi connectivity index (χ0n) is 72.7. The number of halogens is 2. The van der Waals surface area contributed by atoms with Crippen molar-refractivity contribution in [3.63, 3.8) is 0 Å². The molecular weight excluding hydrogens is 1780 g/mol. The molecular formula is C87H117F2N29O6S6. The van der Waals surface area contributed by atoms with Gasteiger partial charge in [-0.1, -0.05) is 6.07 Å². The lowest BCUT2D eigenvalue weighted by Crippen LogP contribution is -2.63. The van der Waals surface area contributed by atoms with Gasteiger partial charge in [-0.05, 0) is 256 Å². The van der Waals surface area contributed by atoms with E-state index in [1.54, 1.807) is 42.5 Å². The zero-order valence-corrected chi connectivity index (χ0v) is 77.6. The second-order valence-electron chi connectivity index (χ2n) is 34.0. The molecule has 130 heavy (non-hydrogen) atoms. The number of benzene rings is 4. The minimum Gasteiger partial charge on any atom is -0.386 e. The molecule has 0 bridgehead atoms. The average molecular weight is 1900 g/mol. The summed E-state index contributed by atoms with van der Waals surface area (Å²) in [7, 11) is -2.94. The van der Waals surface area contributed by atoms with Crippen LogP contribution >= 0.6 is 47.0 Å². The van der Waals surface area contributed by atoms with E-state index in [4.69, 9.17) is 15.0 Å². The van der Waals surface area contributed by atoms with E-state index in [1.807, 2.05) is 154 Å². The number of fused-ring (bicyclic) bond motifs is 1. The van der Waals surface area contributed by atoms with E-state index in [1.165, 1.54) is 47.0 Å². The number of anilines is 15. The van der Waals surface area contributed by atoms with Gasteiger partial charge in [0.05, 0.1) is 63.8 Å². The minimum absolute atomic E-state index is 0. The molecule has 7 aliphatic rings. The van der Waals surface area contributed by atoms with Crippen LogP contribution in [0.3, 0.4) is 0 Å². The Balaban J connectivity index is 0.000000223. The third-order valence-corrected chi connectivity index (χ3v) is 26.7. The highest BCUT2D eigenvalue weighted by molar-refractivity contribution is 8.00. The molecule has 13 aromatic rings. The molecule has 1 amide bonds. The van der Waals surface area contributed by atoms with Gasteiger partial charge in [0.15, 0.2) is 43.9 Å². The minimum atomic E-state index is -3.34. The molecule has 12 N–H and O–H groups in total. The molecule has 0 spiro atoms. The molecule has 43 heteroatoms. The second-order valence-corrected chi connectivity index (χ2v) is 41.7. The van der Waals surface area contributed by atoms with E-state index in [2.05, 4.69) is 135 Å². The lowest BCUT2D eigenvalue weighted by molar-refractivity contribution is -0.116. The van der Waals surface area contributed by atoms with Crippen molar-refractivity contribution in [2.75, 3.05) is 141 Å². The van der Waals surface area contributed by atoms with E-state index in [0.717, 1.165) is 147 Å². The van der Waals surface area contributed by atoms with Crippen LogP contribution in [-0.2, 0) is 24.8 Å². The number of pyridine rings is 1. The van der Waals surface area contributed by atoms with Crippen molar-refractivity contribution in [1.82, 2.24) is 90.5 Å². The molecule has 7 fully saturated rings. The molecule has 3 aliphatic carbocycles. The fourth-order valence-corrected chi connectivity index (χ4v) is 19.2. The van der Waals surface area contributed by atoms with E-state index >= 15 is 0 Å². The van der Waals surface area contributed by atoms with Crippen LogP contribution in [0.2, 0.25) is 0 Å². The van der Waals surface area contributed by atoms with Crippen molar-refractivity contribution in [2.24, 2.45) is 17.8 Å². The number of aromatic nitrogens is 17. The van der Waals surface area contributed by atoms with Gasteiger partial charge in [0.1, 0.15) is 63.5 Å². The molecule has 9 aromatic heterocycles. The van der Waals surface area contributed by atoms with E-state index in [0.29, 0.717) is 142 Å². The van der Waals surface area contributed by atoms with Crippen LogP contribution in [0.1, 0.15) is 86.3 Å². The first-order chi connectivity index (χ1) is 62.2. The fraction of sp³-hybridized carbons (Fsp3) is 0.356. The van der Waals surface area contributed by atoms with E-state index in [-0.39, 0.29) is 30.6 Å². The number of aromatic amines is 4. The van der Waals surface area contributed by atoms with E-state index < -0.39 is 37.0 Å². The van der Waals surface area contributed by atoms with Crippen molar-refractivity contribution in [1.29, 1.82) is 0 Å². The Labute approximate surface area is 780 Å². The number of rotatable bonds is 30. The maximum Gasteiger partial charge on any atom is 0.238 e. The van der Waals surface area contributed by atoms with Crippen LogP contribution in [0.25, 0.3) is 10.9 Å². The quantitative estimate of drug-likeness (QED) is 0.0186. The third-order valence-electron chi connectivity index (χ3n) is 22.0. The zero-order chi connectivity index (χ0) is 90.8. The number of hydrogen-bond acceptors (Lipinski definition) is 32. The maximum absolute atomic E-state index is 15.0. The number of aliphatic hydroxyl groups is 1. The number of β-amino-alcohol motifs (C(OH)–C–C–N with tert-alkyl or cyclic N) is 1. The van der Waals surface area contributed by atoms with Gasteiger partial charge < -0.3 is 56.2 Å². The Hall–Kier alpha value is -12.0. The highest BCUT2D eigenvalue weighted by atomic mass is 32.2. The van der Waals surface area contributed by atoms with Gasteiger partial charge in [0.2, 0.25) is 26.0 Å². The summed E-state index contributed by atoms with van der Waals surface area (Å²) in [6.45, 7) is 14.6. The summed E-state index contributed by atoms with van der Waals surface area (Å²) < 4.78 is 80.3. The van der Waals surface area contributed by atoms with Crippen LogP contribution in [0.15, 0.2) is 192 Å². The van der Waals surface area contributed by atoms with Gasteiger partial charge in [-0.25, -0.2) is 65.5 Å². The van der Waals surface area contributed by atoms with Crippen LogP contribution in [0, 0.1) is 52.4 Å². The summed E-state index contributed by atoms with van der Waals surface area (Å²) in [6.07, 6.45) is 9.51. The van der Waals surface area contributed by atoms with Crippen molar-refractivity contribution < 1.29 is 48.4 Å². The molecule has 0 atom stereocenters. The number of nitrogens with one attached hydrogen (secondary N) is 11. The topological polar surface area (TPSA) is 437 Å². The maximum atomic E-state index is 15.0. The number of H-pyrrole nitrogens is 4. The highest BCUT2D eigenvalue weighted by Gasteiger charge is 2.56. The van der Waals surface area contributed by atoms with Crippen LogP contribution in [-0.4, -0.2) is 221 Å². The number of carbonyl (C=O) groups is 1. The predicted octanol–water partition coefficient (Wildman–Crippen LogP) is 17.0. The molecule has 4 saturated heterocycles. The molecule has 4 aliphatic heterocycles. The summed E-state index contributed by atoms with van der Waals surface area (Å²) in [4.78, 5) is 67.8. The second kappa shape index (κ2) is 37.8. The number of carbonyl (C=O) groups excluding carboxylic acids is 1. The Bertz CT molecular complexity index is 6530. The molecule has 0 radical (unpaired) electrons. The number of nitrogens with zero attached hydrogens (tertiary/aromatic N) is 18. The third kappa shape index (κ3) is 24.0. The number of sulfonamides is 2. The standard InChI is InChI=1S/C24H29FN8OS.C24H25N7OS.C21H24FN7O2S2.C18H21N7O2S2.9H2/c1-15-10-20(31-30-15)27-19-11-21(33-13-24(25,14-33)16-4-5-16)29-23(28-19)35-18-8-6-17(7-9-18)26-22(34)12-32(2)3;1-14-3-4-16-10-18(7-8-19(16)25-14)33-23-27-20(26-21-9-15(2)29-30-21)11-22(28-23)31-12-24(32,13-31)17-5-6-17;1-13-9-18(27-26-13)23-17-10-19(29-11-21(22,12-29)14-3-4-14)25-20(24-17)32-16-7-5-15(6-8-16)28-33(2,30)31;1-12-10-16(23-22-12)19-15-11-17(25-8-3-9-25)21-18(20-15)28-14-6-4-13(5-7-14)24-29(2,26)27;;;;;;;;;/h6-11,16H,4-5,12-14H2,1-3H3,(H,26,34)(H2,27,28,29,30,31);3-4,7-11,17,32H,5-6,12-13H2,1-2H3,(H2,26,27,28,29,30);5-10,14,28H,3-4,11-12H2,1-2H3,(H2,23,24,25,26,27);4-7,10-11,24H,3,8-9H2,1-2H3,(H2,19,20,21,22,23);9*1H. The first kappa shape index (κ1) is 90.0. The smallest absolute Gasteiger partial charge is 0.238 e. The van der Waals surface area contributed by atoms with Crippen molar-refractivity contribution >= 4 is 171 Å². The largest absolute Gasteiger partial charge is 0.386 e. The Kier molecular flexibility index (Phi) is 26.2. The monoisotopic (exact) mass is 1890 g/mol.